The molecule has 0 bridgehead atoms. The van der Waals surface area contributed by atoms with E-state index in [2.05, 4.69) is 15.6 Å². The molecule has 18 heavy (non-hydrogen) atoms. The molecule has 1 aromatic carbocycles. The molecule has 0 aliphatic heterocycles. The molecule has 0 unspecified atom stereocenters. The number of hydrogen-bond donors (Lipinski definition) is 0. The monoisotopic (exact) mass is 241 g/mol. The number of fused-ring (bicyclic) bond motifs is 1. The van der Waals surface area contributed by atoms with E-state index < -0.39 is 0 Å². The van der Waals surface area contributed by atoms with Crippen molar-refractivity contribution in [1.29, 1.82) is 5.26 Å². The molecule has 0 radical (unpaired) electrons. The molecule has 2 aromatic rings. The minimum atomic E-state index is 0.545. The van der Waals surface area contributed by atoms with E-state index in [9.17, 15) is 0 Å². The van der Waals surface area contributed by atoms with Crippen LogP contribution in [-0.4, -0.2) is 16.2 Å². The molecular formula is C14H15N3O. The molecule has 0 amide bonds. The first kappa shape index (κ1) is 11.2. The van der Waals surface area contributed by atoms with Crippen LogP contribution in [-0.2, 0) is 11.3 Å². The van der Waals surface area contributed by atoms with Crippen molar-refractivity contribution in [3.8, 4) is 6.07 Å². The van der Waals surface area contributed by atoms with Crippen molar-refractivity contribution in [2.45, 2.75) is 32.4 Å². The Balaban J connectivity index is 2.10. The predicted molar refractivity (Wildman–Crippen MR) is 68.0 cm³/mol. The van der Waals surface area contributed by atoms with Crippen LogP contribution in [0.4, 0.5) is 0 Å². The van der Waals surface area contributed by atoms with E-state index in [0.29, 0.717) is 24.8 Å². The topological polar surface area (TPSA) is 50.8 Å². The van der Waals surface area contributed by atoms with Crippen LogP contribution in [0.2, 0.25) is 0 Å². The molecular weight excluding hydrogens is 226 g/mol. The van der Waals surface area contributed by atoms with Gasteiger partial charge in [-0.15, -0.1) is 0 Å². The number of benzene rings is 1. The van der Waals surface area contributed by atoms with Gasteiger partial charge in [-0.2, -0.15) is 5.26 Å². The Hall–Kier alpha value is -1.86. The van der Waals surface area contributed by atoms with Crippen LogP contribution >= 0.6 is 0 Å². The lowest BCUT2D eigenvalue weighted by molar-refractivity contribution is 0.126. The predicted octanol–water partition coefficient (Wildman–Crippen LogP) is 2.78. The highest BCUT2D eigenvalue weighted by atomic mass is 16.5. The maximum Gasteiger partial charge on any atom is 0.136 e. The average molecular weight is 241 g/mol. The van der Waals surface area contributed by atoms with Gasteiger partial charge in [0.05, 0.1) is 22.7 Å². The molecule has 0 saturated heterocycles. The lowest BCUT2D eigenvalue weighted by Crippen LogP contribution is -2.03. The highest BCUT2D eigenvalue weighted by molar-refractivity contribution is 5.78. The summed E-state index contributed by atoms with van der Waals surface area (Å²) in [6, 6.07) is 8.42. The second-order valence-corrected chi connectivity index (χ2v) is 4.58. The molecule has 4 heteroatoms. The Morgan fingerprint density at radius 1 is 1.50 bits per heavy atom. The average Bonchev–Trinajstić information content (AvgIpc) is 3.16. The lowest BCUT2D eigenvalue weighted by atomic mass is 10.2. The van der Waals surface area contributed by atoms with Gasteiger partial charge in [0, 0.05) is 12.6 Å². The van der Waals surface area contributed by atoms with E-state index in [1.54, 1.807) is 0 Å². The molecule has 1 aliphatic carbocycles. The van der Waals surface area contributed by atoms with Crippen molar-refractivity contribution < 1.29 is 4.74 Å². The van der Waals surface area contributed by atoms with Gasteiger partial charge in [0.1, 0.15) is 12.4 Å². The fraction of sp³-hybridized carbons (Fsp3) is 0.429. The van der Waals surface area contributed by atoms with Crippen molar-refractivity contribution >= 4 is 11.0 Å². The third kappa shape index (κ3) is 1.87. The van der Waals surface area contributed by atoms with Gasteiger partial charge in [-0.1, -0.05) is 0 Å². The molecule has 3 rings (SSSR count). The number of ether oxygens (including phenoxy) is 1. The molecule has 1 heterocycles. The molecule has 1 aliphatic rings. The zero-order valence-electron chi connectivity index (χ0n) is 10.4. The van der Waals surface area contributed by atoms with E-state index in [4.69, 9.17) is 10.00 Å². The fourth-order valence-electron chi connectivity index (χ4n) is 2.25. The van der Waals surface area contributed by atoms with Crippen LogP contribution in [0.3, 0.4) is 0 Å². The molecule has 1 aromatic heterocycles. The summed E-state index contributed by atoms with van der Waals surface area (Å²) in [5, 5.41) is 8.93. The molecule has 92 valence electrons. The summed E-state index contributed by atoms with van der Waals surface area (Å²) in [5.74, 6) is 0.976. The van der Waals surface area contributed by atoms with E-state index in [1.165, 1.54) is 12.8 Å². The van der Waals surface area contributed by atoms with E-state index in [0.717, 1.165) is 16.9 Å². The summed E-state index contributed by atoms with van der Waals surface area (Å²) < 4.78 is 7.75. The third-order valence-electron chi connectivity index (χ3n) is 3.24. The zero-order chi connectivity index (χ0) is 12.5. The van der Waals surface area contributed by atoms with Crippen molar-refractivity contribution in [2.24, 2.45) is 0 Å². The number of rotatable bonds is 4. The molecule has 0 N–H and O–H groups in total. The largest absolute Gasteiger partial charge is 0.374 e. The number of hydrogen-bond acceptors (Lipinski definition) is 3. The standard InChI is InChI=1S/C14H15N3O/c1-2-18-9-14-16-12-7-10(8-15)3-6-13(12)17(14)11-4-5-11/h3,6-7,11H,2,4-5,9H2,1H3. The van der Waals surface area contributed by atoms with Gasteiger partial charge in [-0.3, -0.25) is 0 Å². The van der Waals surface area contributed by atoms with Gasteiger partial charge in [0.15, 0.2) is 0 Å². The van der Waals surface area contributed by atoms with Crippen molar-refractivity contribution in [2.75, 3.05) is 6.61 Å². The second-order valence-electron chi connectivity index (χ2n) is 4.58. The van der Waals surface area contributed by atoms with Gasteiger partial charge in [-0.05, 0) is 38.0 Å². The summed E-state index contributed by atoms with van der Waals surface area (Å²) in [4.78, 5) is 4.61. The second kappa shape index (κ2) is 4.43. The van der Waals surface area contributed by atoms with Gasteiger partial charge in [0.25, 0.3) is 0 Å². The van der Waals surface area contributed by atoms with Gasteiger partial charge in [-0.25, -0.2) is 4.98 Å². The number of nitrogens with zero attached hydrogens (tertiary/aromatic N) is 3. The molecule has 0 spiro atoms. The van der Waals surface area contributed by atoms with Crippen molar-refractivity contribution in [3.63, 3.8) is 0 Å². The lowest BCUT2D eigenvalue weighted by Gasteiger charge is -2.07. The van der Waals surface area contributed by atoms with Crippen LogP contribution in [0.25, 0.3) is 11.0 Å². The summed E-state index contributed by atoms with van der Waals surface area (Å²) >= 11 is 0. The van der Waals surface area contributed by atoms with Crippen LogP contribution in [0, 0.1) is 11.3 Å². The minimum absolute atomic E-state index is 0.545. The minimum Gasteiger partial charge on any atom is -0.374 e. The normalized spacial score (nSPS) is 14.9. The number of aromatic nitrogens is 2. The Kier molecular flexibility index (Phi) is 2.77. The van der Waals surface area contributed by atoms with E-state index >= 15 is 0 Å². The van der Waals surface area contributed by atoms with Gasteiger partial charge < -0.3 is 9.30 Å². The zero-order valence-corrected chi connectivity index (χ0v) is 10.4. The third-order valence-corrected chi connectivity index (χ3v) is 3.24. The Morgan fingerprint density at radius 3 is 3.00 bits per heavy atom. The molecule has 1 fully saturated rings. The van der Waals surface area contributed by atoms with Gasteiger partial charge in [0.2, 0.25) is 0 Å². The summed E-state index contributed by atoms with van der Waals surface area (Å²) in [6.07, 6.45) is 2.43. The first-order valence-corrected chi connectivity index (χ1v) is 6.32. The van der Waals surface area contributed by atoms with Crippen LogP contribution < -0.4 is 0 Å². The Bertz CT molecular complexity index is 620. The first-order valence-electron chi connectivity index (χ1n) is 6.32. The smallest absolute Gasteiger partial charge is 0.136 e. The van der Waals surface area contributed by atoms with Crippen LogP contribution in [0.1, 0.15) is 37.2 Å². The Labute approximate surface area is 106 Å². The highest BCUT2D eigenvalue weighted by Gasteiger charge is 2.28. The van der Waals surface area contributed by atoms with Crippen LogP contribution in [0.5, 0.6) is 0 Å². The summed E-state index contributed by atoms with van der Waals surface area (Å²) in [6.45, 7) is 3.22. The van der Waals surface area contributed by atoms with Crippen molar-refractivity contribution in [1.82, 2.24) is 9.55 Å². The molecule has 1 saturated carbocycles. The summed E-state index contributed by atoms with van der Waals surface area (Å²) in [7, 11) is 0. The SMILES string of the molecule is CCOCc1nc2cc(C#N)ccc2n1C1CC1. The van der Waals surface area contributed by atoms with Crippen molar-refractivity contribution in [3.05, 3.63) is 29.6 Å². The first-order chi connectivity index (χ1) is 8.83. The van der Waals surface area contributed by atoms with Gasteiger partial charge >= 0.3 is 0 Å². The van der Waals surface area contributed by atoms with E-state index in [1.807, 2.05) is 25.1 Å². The summed E-state index contributed by atoms with van der Waals surface area (Å²) in [5.41, 5.74) is 2.67. The van der Waals surface area contributed by atoms with Crippen LogP contribution in [0.15, 0.2) is 18.2 Å². The molecule has 4 nitrogen and oxygen atoms in total. The number of imidazole rings is 1. The van der Waals surface area contributed by atoms with E-state index in [-0.39, 0.29) is 0 Å². The quantitative estimate of drug-likeness (QED) is 0.827. The molecule has 0 atom stereocenters. The fourth-order valence-corrected chi connectivity index (χ4v) is 2.25. The maximum absolute atomic E-state index is 8.93. The Morgan fingerprint density at radius 2 is 2.33 bits per heavy atom. The highest BCUT2D eigenvalue weighted by Crippen LogP contribution is 2.38. The number of nitriles is 1. The maximum atomic E-state index is 8.93.